The van der Waals surface area contributed by atoms with Gasteiger partial charge in [-0.25, -0.2) is 23.5 Å². The van der Waals surface area contributed by atoms with Crippen LogP contribution in [0.4, 0.5) is 17.6 Å². The predicted octanol–water partition coefficient (Wildman–Crippen LogP) is 3.02. The van der Waals surface area contributed by atoms with Crippen LogP contribution < -0.4 is 21.3 Å². The number of H-pyrrole nitrogens is 2. The van der Waals surface area contributed by atoms with E-state index in [2.05, 4.69) is 30.6 Å². The van der Waals surface area contributed by atoms with Crippen molar-refractivity contribution in [1.29, 1.82) is 0 Å². The summed E-state index contributed by atoms with van der Waals surface area (Å²) in [5.41, 5.74) is 2.22. The fourth-order valence-corrected chi connectivity index (χ4v) is 4.53. The number of nitrogens with two attached hydrogens (primary N) is 1. The minimum atomic E-state index is -3.88. The van der Waals surface area contributed by atoms with E-state index < -0.39 is 15.6 Å². The number of anilines is 3. The Bertz CT molecular complexity index is 1720. The van der Waals surface area contributed by atoms with Crippen molar-refractivity contribution in [3.8, 4) is 11.3 Å². The number of aromatic nitrogens is 4. The molecule has 2 aromatic carbocycles. The topological polar surface area (TPSA) is 176 Å². The smallest absolute Gasteiger partial charge is 0.268 e. The molecule has 35 heavy (non-hydrogen) atoms. The van der Waals surface area contributed by atoms with Gasteiger partial charge in [-0.15, -0.1) is 11.3 Å². The van der Waals surface area contributed by atoms with Crippen molar-refractivity contribution in [2.24, 2.45) is 5.14 Å². The monoisotopic (exact) mass is 507 g/mol. The van der Waals surface area contributed by atoms with E-state index in [1.165, 1.54) is 35.6 Å². The lowest BCUT2D eigenvalue weighted by Crippen LogP contribution is -2.13. The Morgan fingerprint density at radius 3 is 2.60 bits per heavy atom. The number of benzene rings is 2. The lowest BCUT2D eigenvalue weighted by Gasteiger charge is -2.08. The van der Waals surface area contributed by atoms with Crippen LogP contribution in [0.25, 0.3) is 22.3 Å². The number of amides is 1. The second-order valence-corrected chi connectivity index (χ2v) is 9.93. The Morgan fingerprint density at radius 2 is 1.83 bits per heavy atom. The Balaban J connectivity index is 1.43. The number of hydrogen-bond donors (Lipinski definition) is 5. The van der Waals surface area contributed by atoms with E-state index in [1.54, 1.807) is 36.4 Å². The SMILES string of the molecule is NS(=O)(=O)c1cccc(Nc2nc(-c3ccc4[nH]c(NC(=O)c5cccs5)nc4c3)cc(=O)[nH]2)c1. The molecule has 0 unspecified atom stereocenters. The molecule has 0 radical (unpaired) electrons. The molecule has 0 aliphatic carbocycles. The molecule has 0 saturated heterocycles. The summed E-state index contributed by atoms with van der Waals surface area (Å²) in [6, 6.07) is 15.9. The number of thiophene rings is 1. The second kappa shape index (κ2) is 8.79. The van der Waals surface area contributed by atoms with Crippen LogP contribution in [0.3, 0.4) is 0 Å². The molecule has 3 aromatic heterocycles. The van der Waals surface area contributed by atoms with E-state index >= 15 is 0 Å². The summed E-state index contributed by atoms with van der Waals surface area (Å²) in [6.45, 7) is 0. The Kier molecular flexibility index (Phi) is 5.64. The van der Waals surface area contributed by atoms with Gasteiger partial charge in [0.05, 0.1) is 26.5 Å². The van der Waals surface area contributed by atoms with Gasteiger partial charge in [-0.2, -0.15) is 0 Å². The van der Waals surface area contributed by atoms with Crippen LogP contribution >= 0.6 is 11.3 Å². The molecule has 0 saturated carbocycles. The van der Waals surface area contributed by atoms with E-state index in [0.29, 0.717) is 38.8 Å². The number of nitrogens with zero attached hydrogens (tertiary/aromatic N) is 2. The first-order chi connectivity index (χ1) is 16.7. The summed E-state index contributed by atoms with van der Waals surface area (Å²) in [5, 5.41) is 12.6. The first-order valence-corrected chi connectivity index (χ1v) is 12.5. The third kappa shape index (κ3) is 4.96. The maximum absolute atomic E-state index is 12.3. The number of hydrogen-bond acceptors (Lipinski definition) is 8. The molecular weight excluding hydrogens is 490 g/mol. The number of fused-ring (bicyclic) bond motifs is 1. The molecule has 0 spiro atoms. The molecular formula is C22H17N7O4S2. The minimum Gasteiger partial charge on any atom is -0.326 e. The summed E-state index contributed by atoms with van der Waals surface area (Å²) < 4.78 is 23.2. The summed E-state index contributed by atoms with van der Waals surface area (Å²) in [6.07, 6.45) is 0. The standard InChI is InChI=1S/C22H17N7O4S2/c23-35(32,33)14-4-1-3-13(10-14)24-21-26-16(11-19(30)28-21)12-6-7-15-17(9-12)27-22(25-15)29-20(31)18-5-2-8-34-18/h1-11H,(H2,23,32,33)(H2,24,26,28,30)(H2,25,27,29,31). The van der Waals surface area contributed by atoms with Gasteiger partial charge in [0.1, 0.15) is 0 Å². The zero-order valence-electron chi connectivity index (χ0n) is 17.8. The van der Waals surface area contributed by atoms with Crippen LogP contribution in [0.15, 0.2) is 75.7 Å². The highest BCUT2D eigenvalue weighted by molar-refractivity contribution is 7.89. The van der Waals surface area contributed by atoms with Crippen molar-refractivity contribution >= 4 is 55.9 Å². The molecule has 5 rings (SSSR count). The van der Waals surface area contributed by atoms with E-state index in [-0.39, 0.29) is 16.8 Å². The number of nitrogens with one attached hydrogen (secondary N) is 4. The van der Waals surface area contributed by atoms with Crippen molar-refractivity contribution in [2.45, 2.75) is 4.90 Å². The van der Waals surface area contributed by atoms with Crippen LogP contribution in [-0.2, 0) is 10.0 Å². The Labute approximate surface area is 202 Å². The van der Waals surface area contributed by atoms with Crippen molar-refractivity contribution in [3.05, 3.63) is 81.3 Å². The molecule has 11 nitrogen and oxygen atoms in total. The highest BCUT2D eigenvalue weighted by Crippen LogP contribution is 2.24. The number of carbonyl (C=O) groups excluding carboxylic acids is 1. The molecule has 0 aliphatic heterocycles. The van der Waals surface area contributed by atoms with Gasteiger partial charge in [0.2, 0.25) is 21.9 Å². The van der Waals surface area contributed by atoms with E-state index in [1.807, 2.05) is 5.38 Å². The quantitative estimate of drug-likeness (QED) is 0.235. The molecule has 176 valence electrons. The Morgan fingerprint density at radius 1 is 0.971 bits per heavy atom. The van der Waals surface area contributed by atoms with E-state index in [4.69, 9.17) is 5.14 Å². The van der Waals surface area contributed by atoms with E-state index in [9.17, 15) is 18.0 Å². The minimum absolute atomic E-state index is 0.0769. The maximum atomic E-state index is 12.3. The molecule has 0 bridgehead atoms. The third-order valence-corrected chi connectivity index (χ3v) is 6.70. The molecule has 5 aromatic rings. The van der Waals surface area contributed by atoms with E-state index in [0.717, 1.165) is 0 Å². The molecule has 1 amide bonds. The highest BCUT2D eigenvalue weighted by Gasteiger charge is 2.13. The average molecular weight is 508 g/mol. The summed E-state index contributed by atoms with van der Waals surface area (Å²) >= 11 is 1.33. The van der Waals surface area contributed by atoms with Gasteiger partial charge < -0.3 is 10.3 Å². The summed E-state index contributed by atoms with van der Waals surface area (Å²) in [7, 11) is -3.88. The highest BCUT2D eigenvalue weighted by atomic mass is 32.2. The van der Waals surface area contributed by atoms with Crippen LogP contribution in [0.5, 0.6) is 0 Å². The maximum Gasteiger partial charge on any atom is 0.268 e. The lowest BCUT2D eigenvalue weighted by atomic mass is 10.1. The third-order valence-electron chi connectivity index (χ3n) is 4.92. The number of rotatable bonds is 6. The normalized spacial score (nSPS) is 11.5. The van der Waals surface area contributed by atoms with Crippen LogP contribution in [-0.4, -0.2) is 34.3 Å². The zero-order valence-corrected chi connectivity index (χ0v) is 19.4. The fraction of sp³-hybridized carbons (Fsp3) is 0. The predicted molar refractivity (Wildman–Crippen MR) is 133 cm³/mol. The molecule has 0 fully saturated rings. The molecule has 3 heterocycles. The van der Waals surface area contributed by atoms with Gasteiger partial charge in [-0.1, -0.05) is 18.2 Å². The van der Waals surface area contributed by atoms with Gasteiger partial charge in [-0.3, -0.25) is 19.9 Å². The molecule has 0 atom stereocenters. The molecule has 6 N–H and O–H groups in total. The van der Waals surface area contributed by atoms with Crippen molar-refractivity contribution in [1.82, 2.24) is 19.9 Å². The zero-order chi connectivity index (χ0) is 24.6. The van der Waals surface area contributed by atoms with Crippen molar-refractivity contribution in [3.63, 3.8) is 0 Å². The van der Waals surface area contributed by atoms with Crippen LogP contribution in [0.2, 0.25) is 0 Å². The van der Waals surface area contributed by atoms with Crippen molar-refractivity contribution in [2.75, 3.05) is 10.6 Å². The average Bonchev–Trinajstić information content (AvgIpc) is 3.47. The van der Waals surface area contributed by atoms with Crippen LogP contribution in [0.1, 0.15) is 9.67 Å². The number of carbonyl (C=O) groups is 1. The second-order valence-electron chi connectivity index (χ2n) is 7.43. The van der Waals surface area contributed by atoms with Gasteiger partial charge in [-0.05, 0) is 41.8 Å². The fourth-order valence-electron chi connectivity index (χ4n) is 3.35. The first-order valence-electron chi connectivity index (χ1n) is 10.1. The first kappa shape index (κ1) is 22.5. The summed E-state index contributed by atoms with van der Waals surface area (Å²) in [5.74, 6) is 0.148. The number of imidazole rings is 1. The van der Waals surface area contributed by atoms with Crippen LogP contribution in [0, 0.1) is 0 Å². The number of sulfonamides is 1. The lowest BCUT2D eigenvalue weighted by molar-refractivity contribution is 0.103. The Hall–Kier alpha value is -4.33. The van der Waals surface area contributed by atoms with Crippen molar-refractivity contribution < 1.29 is 13.2 Å². The largest absolute Gasteiger partial charge is 0.326 e. The van der Waals surface area contributed by atoms with Gasteiger partial charge in [0.25, 0.3) is 11.5 Å². The van der Waals surface area contributed by atoms with Gasteiger partial charge >= 0.3 is 0 Å². The van der Waals surface area contributed by atoms with Gasteiger partial charge in [0, 0.05) is 17.3 Å². The molecule has 13 heteroatoms. The summed E-state index contributed by atoms with van der Waals surface area (Å²) in [4.78, 5) is 39.5. The van der Waals surface area contributed by atoms with Gasteiger partial charge in [0.15, 0.2) is 0 Å². The number of aromatic amines is 2. The molecule has 0 aliphatic rings. The number of primary sulfonamides is 1.